The van der Waals surface area contributed by atoms with Crippen LogP contribution in [0.25, 0.3) is 11.6 Å². The van der Waals surface area contributed by atoms with Crippen LogP contribution in [0.4, 0.5) is 0 Å². The monoisotopic (exact) mass is 233 g/mol. The second kappa shape index (κ2) is 5.01. The van der Waals surface area contributed by atoms with E-state index in [0.29, 0.717) is 23.5 Å². The van der Waals surface area contributed by atoms with E-state index in [-0.39, 0.29) is 6.04 Å². The molecule has 0 fully saturated rings. The summed E-state index contributed by atoms with van der Waals surface area (Å²) in [5.41, 5.74) is 5.95. The summed E-state index contributed by atoms with van der Waals surface area (Å²) in [7, 11) is 0. The maximum atomic E-state index is 5.95. The molecule has 2 N–H and O–H groups in total. The second-order valence-corrected chi connectivity index (χ2v) is 4.26. The molecule has 0 aliphatic heterocycles. The van der Waals surface area contributed by atoms with Gasteiger partial charge in [0, 0.05) is 12.4 Å². The third kappa shape index (κ3) is 2.85. The van der Waals surface area contributed by atoms with Gasteiger partial charge in [0.05, 0.1) is 6.04 Å². The Morgan fingerprint density at radius 3 is 2.59 bits per heavy atom. The first-order valence-electron chi connectivity index (χ1n) is 5.53. The summed E-state index contributed by atoms with van der Waals surface area (Å²) in [6.07, 6.45) is 4.07. The minimum Gasteiger partial charge on any atom is -0.337 e. The zero-order valence-electron chi connectivity index (χ0n) is 9.87. The van der Waals surface area contributed by atoms with Crippen molar-refractivity contribution in [2.45, 2.75) is 26.3 Å². The van der Waals surface area contributed by atoms with E-state index in [1.165, 1.54) is 0 Å². The number of aromatic nitrogens is 4. The summed E-state index contributed by atoms with van der Waals surface area (Å²) < 4.78 is 5.12. The molecule has 1 atom stereocenters. The van der Waals surface area contributed by atoms with E-state index in [1.807, 2.05) is 0 Å². The van der Waals surface area contributed by atoms with Crippen LogP contribution >= 0.6 is 0 Å². The summed E-state index contributed by atoms with van der Waals surface area (Å²) in [6, 6.07) is 1.49. The molecule has 6 nitrogen and oxygen atoms in total. The highest BCUT2D eigenvalue weighted by Gasteiger charge is 2.17. The van der Waals surface area contributed by atoms with Crippen molar-refractivity contribution in [3.63, 3.8) is 0 Å². The molecule has 0 saturated heterocycles. The number of nitrogens with two attached hydrogens (primary N) is 1. The fourth-order valence-electron chi connectivity index (χ4n) is 1.50. The molecule has 0 amide bonds. The van der Waals surface area contributed by atoms with Crippen molar-refractivity contribution in [1.29, 1.82) is 0 Å². The first-order chi connectivity index (χ1) is 8.16. The standard InChI is InChI=1S/C11H15N5O/c1-7(2)6-8(12)11-15-10(16-17-11)9-13-4-3-5-14-9/h3-5,7-8H,6,12H2,1-2H3. The molecule has 2 rings (SSSR count). The molecule has 0 aliphatic rings. The quantitative estimate of drug-likeness (QED) is 0.861. The summed E-state index contributed by atoms with van der Waals surface area (Å²) in [6.45, 7) is 4.19. The van der Waals surface area contributed by atoms with Crippen LogP contribution in [0, 0.1) is 5.92 Å². The average Bonchev–Trinajstić information content (AvgIpc) is 2.78. The van der Waals surface area contributed by atoms with Gasteiger partial charge >= 0.3 is 0 Å². The topological polar surface area (TPSA) is 90.7 Å². The molecule has 0 radical (unpaired) electrons. The van der Waals surface area contributed by atoms with Crippen molar-refractivity contribution < 1.29 is 4.52 Å². The van der Waals surface area contributed by atoms with Gasteiger partial charge in [-0.05, 0) is 18.4 Å². The molecule has 0 bridgehead atoms. The molecule has 6 heteroatoms. The van der Waals surface area contributed by atoms with E-state index in [0.717, 1.165) is 6.42 Å². The van der Waals surface area contributed by atoms with Gasteiger partial charge in [0.1, 0.15) is 0 Å². The normalized spacial score (nSPS) is 12.9. The van der Waals surface area contributed by atoms with Gasteiger partial charge in [0.2, 0.25) is 17.5 Å². The maximum Gasteiger partial charge on any atom is 0.243 e. The Hall–Kier alpha value is -1.82. The molecule has 2 aromatic heterocycles. The summed E-state index contributed by atoms with van der Waals surface area (Å²) in [4.78, 5) is 12.3. The zero-order chi connectivity index (χ0) is 12.3. The SMILES string of the molecule is CC(C)CC(N)c1nc(-c2ncccn2)no1. The lowest BCUT2D eigenvalue weighted by Crippen LogP contribution is -2.13. The van der Waals surface area contributed by atoms with Gasteiger partial charge < -0.3 is 10.3 Å². The summed E-state index contributed by atoms with van der Waals surface area (Å²) in [5, 5.41) is 3.82. The number of nitrogens with zero attached hydrogens (tertiary/aromatic N) is 4. The number of rotatable bonds is 4. The largest absolute Gasteiger partial charge is 0.337 e. The Morgan fingerprint density at radius 1 is 1.24 bits per heavy atom. The number of hydrogen-bond donors (Lipinski definition) is 1. The third-order valence-electron chi connectivity index (χ3n) is 2.25. The predicted molar refractivity (Wildman–Crippen MR) is 61.7 cm³/mol. The molecule has 2 heterocycles. The molecule has 1 unspecified atom stereocenters. The molecule has 17 heavy (non-hydrogen) atoms. The fourth-order valence-corrected chi connectivity index (χ4v) is 1.50. The molecular weight excluding hydrogens is 218 g/mol. The van der Waals surface area contributed by atoms with Crippen LogP contribution in [0.15, 0.2) is 23.0 Å². The van der Waals surface area contributed by atoms with Crippen molar-refractivity contribution >= 4 is 0 Å². The van der Waals surface area contributed by atoms with Gasteiger partial charge in [0.25, 0.3) is 0 Å². The van der Waals surface area contributed by atoms with Crippen LogP contribution in [-0.2, 0) is 0 Å². The van der Waals surface area contributed by atoms with Crippen LogP contribution < -0.4 is 5.73 Å². The van der Waals surface area contributed by atoms with Crippen LogP contribution in [0.3, 0.4) is 0 Å². The van der Waals surface area contributed by atoms with Crippen molar-refractivity contribution in [3.05, 3.63) is 24.4 Å². The van der Waals surface area contributed by atoms with E-state index in [1.54, 1.807) is 18.5 Å². The molecule has 0 saturated carbocycles. The van der Waals surface area contributed by atoms with Gasteiger partial charge in [-0.15, -0.1) is 0 Å². The van der Waals surface area contributed by atoms with E-state index < -0.39 is 0 Å². The molecule has 0 spiro atoms. The smallest absolute Gasteiger partial charge is 0.243 e. The highest BCUT2D eigenvalue weighted by Crippen LogP contribution is 2.19. The van der Waals surface area contributed by atoms with E-state index in [4.69, 9.17) is 10.3 Å². The van der Waals surface area contributed by atoms with Crippen molar-refractivity contribution in [3.8, 4) is 11.6 Å². The van der Waals surface area contributed by atoms with E-state index in [2.05, 4.69) is 34.0 Å². The van der Waals surface area contributed by atoms with Crippen molar-refractivity contribution in [2.75, 3.05) is 0 Å². The van der Waals surface area contributed by atoms with Crippen LogP contribution in [0.2, 0.25) is 0 Å². The first-order valence-corrected chi connectivity index (χ1v) is 5.53. The second-order valence-electron chi connectivity index (χ2n) is 4.26. The first kappa shape index (κ1) is 11.7. The third-order valence-corrected chi connectivity index (χ3v) is 2.25. The maximum absolute atomic E-state index is 5.95. The van der Waals surface area contributed by atoms with E-state index >= 15 is 0 Å². The Balaban J connectivity index is 2.16. The lowest BCUT2D eigenvalue weighted by molar-refractivity contribution is 0.335. The zero-order valence-corrected chi connectivity index (χ0v) is 9.87. The fraction of sp³-hybridized carbons (Fsp3) is 0.455. The lowest BCUT2D eigenvalue weighted by Gasteiger charge is -2.08. The summed E-state index contributed by atoms with van der Waals surface area (Å²) in [5.74, 6) is 1.73. The summed E-state index contributed by atoms with van der Waals surface area (Å²) >= 11 is 0. The molecular formula is C11H15N5O. The molecule has 90 valence electrons. The van der Waals surface area contributed by atoms with Gasteiger partial charge in [-0.2, -0.15) is 4.98 Å². The highest BCUT2D eigenvalue weighted by molar-refractivity contribution is 5.40. The van der Waals surface area contributed by atoms with Gasteiger partial charge in [-0.3, -0.25) is 0 Å². The Morgan fingerprint density at radius 2 is 1.94 bits per heavy atom. The van der Waals surface area contributed by atoms with Crippen molar-refractivity contribution in [1.82, 2.24) is 20.1 Å². The lowest BCUT2D eigenvalue weighted by atomic mass is 10.0. The Bertz CT molecular complexity index is 468. The van der Waals surface area contributed by atoms with Crippen molar-refractivity contribution in [2.24, 2.45) is 11.7 Å². The predicted octanol–water partition coefficient (Wildman–Crippen LogP) is 1.57. The van der Waals surface area contributed by atoms with Crippen LogP contribution in [0.5, 0.6) is 0 Å². The average molecular weight is 233 g/mol. The van der Waals surface area contributed by atoms with Crippen LogP contribution in [-0.4, -0.2) is 20.1 Å². The van der Waals surface area contributed by atoms with Gasteiger partial charge in [-0.25, -0.2) is 9.97 Å². The van der Waals surface area contributed by atoms with Gasteiger partial charge in [-0.1, -0.05) is 19.0 Å². The Labute approximate surface area is 99.3 Å². The minimum atomic E-state index is -0.236. The minimum absolute atomic E-state index is 0.236. The molecule has 2 aromatic rings. The molecule has 0 aromatic carbocycles. The highest BCUT2D eigenvalue weighted by atomic mass is 16.5. The van der Waals surface area contributed by atoms with Gasteiger partial charge in [0.15, 0.2) is 0 Å². The Kier molecular flexibility index (Phi) is 3.43. The molecule has 0 aliphatic carbocycles. The number of hydrogen-bond acceptors (Lipinski definition) is 6. The van der Waals surface area contributed by atoms with Crippen LogP contribution in [0.1, 0.15) is 32.2 Å². The van der Waals surface area contributed by atoms with E-state index in [9.17, 15) is 0 Å².